The summed E-state index contributed by atoms with van der Waals surface area (Å²) in [4.78, 5) is 15.0. The number of carbonyl (C=O) groups is 1. The van der Waals surface area contributed by atoms with Crippen molar-refractivity contribution in [2.75, 3.05) is 26.3 Å². The molecule has 0 saturated carbocycles. The van der Waals surface area contributed by atoms with Gasteiger partial charge in [0.25, 0.3) is 0 Å². The first kappa shape index (κ1) is 20.0. The number of nitrogens with zero attached hydrogens (tertiary/aromatic N) is 1. The minimum Gasteiger partial charge on any atom is -0.490 e. The number of amides is 1. The first-order valence-electron chi connectivity index (χ1n) is 10.3. The lowest BCUT2D eigenvalue weighted by molar-refractivity contribution is -0.123. The van der Waals surface area contributed by atoms with E-state index in [1.165, 1.54) is 5.56 Å². The summed E-state index contributed by atoms with van der Waals surface area (Å²) in [7, 11) is 0. The monoisotopic (exact) mass is 414 g/mol. The summed E-state index contributed by atoms with van der Waals surface area (Å²) in [5.41, 5.74) is 2.11. The van der Waals surface area contributed by atoms with Crippen molar-refractivity contribution in [3.63, 3.8) is 0 Å². The second kappa shape index (κ2) is 9.06. The van der Waals surface area contributed by atoms with Gasteiger partial charge in [-0.1, -0.05) is 35.9 Å². The zero-order valence-corrected chi connectivity index (χ0v) is 17.5. The zero-order chi connectivity index (χ0) is 20.2. The molecule has 2 atom stereocenters. The number of carbonyl (C=O) groups excluding carboxylic acids is 1. The average molecular weight is 415 g/mol. The number of likely N-dealkylation sites (tertiary alicyclic amines) is 1. The number of hydrogen-bond donors (Lipinski definition) is 1. The van der Waals surface area contributed by atoms with E-state index in [0.717, 1.165) is 42.9 Å². The number of ether oxygens (including phenoxy) is 2. The van der Waals surface area contributed by atoms with Crippen molar-refractivity contribution < 1.29 is 14.3 Å². The molecule has 0 bridgehead atoms. The molecule has 2 heterocycles. The maximum Gasteiger partial charge on any atom is 0.234 e. The van der Waals surface area contributed by atoms with Gasteiger partial charge in [0.1, 0.15) is 0 Å². The third-order valence-electron chi connectivity index (χ3n) is 5.62. The first-order valence-corrected chi connectivity index (χ1v) is 10.7. The highest BCUT2D eigenvalue weighted by Crippen LogP contribution is 2.37. The third kappa shape index (κ3) is 4.68. The second-order valence-corrected chi connectivity index (χ2v) is 8.10. The molecule has 1 amide bonds. The smallest absolute Gasteiger partial charge is 0.234 e. The van der Waals surface area contributed by atoms with Crippen LogP contribution < -0.4 is 14.8 Å². The number of halogens is 1. The van der Waals surface area contributed by atoms with Gasteiger partial charge in [-0.15, -0.1) is 0 Å². The number of hydrogen-bond acceptors (Lipinski definition) is 4. The van der Waals surface area contributed by atoms with Gasteiger partial charge < -0.3 is 14.8 Å². The van der Waals surface area contributed by atoms with Gasteiger partial charge >= 0.3 is 0 Å². The predicted molar refractivity (Wildman–Crippen MR) is 114 cm³/mol. The molecule has 5 nitrogen and oxygen atoms in total. The molecule has 0 spiro atoms. The average Bonchev–Trinajstić information content (AvgIpc) is 3.03. The number of rotatable bonds is 5. The van der Waals surface area contributed by atoms with Crippen LogP contribution in [0.3, 0.4) is 0 Å². The molecular formula is C23H27ClN2O3. The van der Waals surface area contributed by atoms with Crippen LogP contribution in [0.2, 0.25) is 5.02 Å². The molecule has 4 rings (SSSR count). The second-order valence-electron chi connectivity index (χ2n) is 7.70. The summed E-state index contributed by atoms with van der Waals surface area (Å²) in [6.45, 7) is 4.60. The van der Waals surface area contributed by atoms with E-state index in [0.29, 0.717) is 24.8 Å². The van der Waals surface area contributed by atoms with Crippen LogP contribution in [0.5, 0.6) is 11.5 Å². The van der Waals surface area contributed by atoms with E-state index < -0.39 is 0 Å². The normalized spacial score (nSPS) is 20.1. The number of benzene rings is 2. The zero-order valence-electron chi connectivity index (χ0n) is 16.7. The standard InChI is InChI=1S/C23H27ClN2O3/c1-16(18-6-2-3-7-19(18)24)25-23(27)15-26-11-4-8-20(26)17-9-10-21-22(14-17)29-13-5-12-28-21/h2-3,6-7,9-10,14,16,20H,4-5,8,11-13,15H2,1H3,(H,25,27)/t16-,20+/m1/s1. The molecule has 1 saturated heterocycles. The van der Waals surface area contributed by atoms with Gasteiger partial charge in [0.15, 0.2) is 11.5 Å². The fraction of sp³-hybridized carbons (Fsp3) is 0.435. The number of nitrogens with one attached hydrogen (secondary N) is 1. The molecule has 2 aromatic carbocycles. The fourth-order valence-corrected chi connectivity index (χ4v) is 4.46. The highest BCUT2D eigenvalue weighted by Gasteiger charge is 2.29. The van der Waals surface area contributed by atoms with E-state index in [2.05, 4.69) is 22.3 Å². The Balaban J connectivity index is 1.41. The Bertz CT molecular complexity index is 873. The van der Waals surface area contributed by atoms with Gasteiger partial charge in [0.2, 0.25) is 5.91 Å². The van der Waals surface area contributed by atoms with E-state index >= 15 is 0 Å². The van der Waals surface area contributed by atoms with E-state index in [1.807, 2.05) is 37.3 Å². The van der Waals surface area contributed by atoms with Gasteiger partial charge in [0.05, 0.1) is 25.8 Å². The van der Waals surface area contributed by atoms with Crippen molar-refractivity contribution in [3.8, 4) is 11.5 Å². The van der Waals surface area contributed by atoms with Crippen LogP contribution in [-0.4, -0.2) is 37.1 Å². The quantitative estimate of drug-likeness (QED) is 0.781. The largest absolute Gasteiger partial charge is 0.490 e. The van der Waals surface area contributed by atoms with Crippen LogP contribution in [0, 0.1) is 0 Å². The van der Waals surface area contributed by atoms with E-state index in [1.54, 1.807) is 0 Å². The van der Waals surface area contributed by atoms with Crippen molar-refractivity contribution in [3.05, 3.63) is 58.6 Å². The first-order chi connectivity index (χ1) is 14.1. The van der Waals surface area contributed by atoms with Crippen LogP contribution in [0.15, 0.2) is 42.5 Å². The maximum atomic E-state index is 12.7. The van der Waals surface area contributed by atoms with Gasteiger partial charge in [-0.3, -0.25) is 9.69 Å². The van der Waals surface area contributed by atoms with Crippen molar-refractivity contribution in [1.82, 2.24) is 10.2 Å². The molecule has 1 N–H and O–H groups in total. The molecule has 0 aromatic heterocycles. The van der Waals surface area contributed by atoms with Crippen molar-refractivity contribution in [2.45, 2.75) is 38.3 Å². The van der Waals surface area contributed by atoms with Crippen molar-refractivity contribution >= 4 is 17.5 Å². The van der Waals surface area contributed by atoms with Gasteiger partial charge in [-0.2, -0.15) is 0 Å². The lowest BCUT2D eigenvalue weighted by Gasteiger charge is -2.26. The van der Waals surface area contributed by atoms with Crippen LogP contribution in [0.1, 0.15) is 49.4 Å². The summed E-state index contributed by atoms with van der Waals surface area (Å²) in [5, 5.41) is 3.76. The molecular weight excluding hydrogens is 388 g/mol. The van der Waals surface area contributed by atoms with Crippen molar-refractivity contribution in [2.24, 2.45) is 0 Å². The molecule has 1 fully saturated rings. The minimum absolute atomic E-state index is 0.0127. The summed E-state index contributed by atoms with van der Waals surface area (Å²) in [5.74, 6) is 1.63. The van der Waals surface area contributed by atoms with Gasteiger partial charge in [-0.05, 0) is 55.6 Å². The van der Waals surface area contributed by atoms with Crippen LogP contribution >= 0.6 is 11.6 Å². The molecule has 6 heteroatoms. The molecule has 0 radical (unpaired) electrons. The summed E-state index contributed by atoms with van der Waals surface area (Å²) >= 11 is 6.26. The topological polar surface area (TPSA) is 50.8 Å². The lowest BCUT2D eigenvalue weighted by Crippen LogP contribution is -2.38. The predicted octanol–water partition coefficient (Wildman–Crippen LogP) is 4.52. The molecule has 2 aliphatic rings. The highest BCUT2D eigenvalue weighted by atomic mass is 35.5. The van der Waals surface area contributed by atoms with Crippen LogP contribution in [0.25, 0.3) is 0 Å². The van der Waals surface area contributed by atoms with E-state index in [-0.39, 0.29) is 18.0 Å². The minimum atomic E-state index is -0.129. The third-order valence-corrected chi connectivity index (χ3v) is 5.96. The Morgan fingerprint density at radius 2 is 1.97 bits per heavy atom. The van der Waals surface area contributed by atoms with Crippen molar-refractivity contribution in [1.29, 1.82) is 0 Å². The fourth-order valence-electron chi connectivity index (χ4n) is 4.16. The van der Waals surface area contributed by atoms with Crippen LogP contribution in [-0.2, 0) is 4.79 Å². The maximum absolute atomic E-state index is 12.7. The van der Waals surface area contributed by atoms with E-state index in [9.17, 15) is 4.79 Å². The van der Waals surface area contributed by atoms with Crippen LogP contribution in [0.4, 0.5) is 0 Å². The Morgan fingerprint density at radius 3 is 2.79 bits per heavy atom. The van der Waals surface area contributed by atoms with E-state index in [4.69, 9.17) is 21.1 Å². The molecule has 0 aliphatic carbocycles. The molecule has 29 heavy (non-hydrogen) atoms. The SMILES string of the molecule is C[C@@H](NC(=O)CN1CCC[C@H]1c1ccc2c(c1)OCCCO2)c1ccccc1Cl. The molecule has 0 unspecified atom stereocenters. The Hall–Kier alpha value is -2.24. The molecule has 154 valence electrons. The summed E-state index contributed by atoms with van der Waals surface area (Å²) in [6.07, 6.45) is 3.00. The summed E-state index contributed by atoms with van der Waals surface area (Å²) in [6, 6.07) is 13.9. The van der Waals surface area contributed by atoms with Gasteiger partial charge in [-0.25, -0.2) is 0 Å². The Labute approximate surface area is 176 Å². The number of fused-ring (bicyclic) bond motifs is 1. The molecule has 2 aromatic rings. The molecule has 2 aliphatic heterocycles. The highest BCUT2D eigenvalue weighted by molar-refractivity contribution is 6.31. The Morgan fingerprint density at radius 1 is 1.17 bits per heavy atom. The lowest BCUT2D eigenvalue weighted by atomic mass is 10.0. The Kier molecular flexibility index (Phi) is 6.26. The summed E-state index contributed by atoms with van der Waals surface area (Å²) < 4.78 is 11.6. The van der Waals surface area contributed by atoms with Gasteiger partial charge in [0, 0.05) is 17.5 Å².